The summed E-state index contributed by atoms with van der Waals surface area (Å²) in [4.78, 5) is 14.0. The molecule has 0 saturated heterocycles. The minimum atomic E-state index is -0.572. The third kappa shape index (κ3) is 4.69. The molecule has 2 heterocycles. The predicted molar refractivity (Wildman–Crippen MR) is 145 cm³/mol. The average Bonchev–Trinajstić information content (AvgIpc) is 3.47. The molecule has 5 rings (SSSR count). The zero-order chi connectivity index (χ0) is 25.1. The van der Waals surface area contributed by atoms with E-state index >= 15 is 0 Å². The van der Waals surface area contributed by atoms with Crippen molar-refractivity contribution in [1.82, 2.24) is 15.2 Å². The highest BCUT2D eigenvalue weighted by atomic mass is 32.2. The van der Waals surface area contributed by atoms with Gasteiger partial charge in [0.25, 0.3) is 5.91 Å². The molecule has 8 nitrogen and oxygen atoms in total. The molecule has 4 aromatic rings. The van der Waals surface area contributed by atoms with Crippen molar-refractivity contribution in [3.63, 3.8) is 0 Å². The number of carbonyl (C=O) groups excluding carboxylic acids is 1. The van der Waals surface area contributed by atoms with Crippen LogP contribution < -0.4 is 21.8 Å². The normalized spacial score (nSPS) is 15.6. The van der Waals surface area contributed by atoms with E-state index in [0.29, 0.717) is 10.7 Å². The smallest absolute Gasteiger partial charge is 0.258 e. The molecule has 0 bridgehead atoms. The van der Waals surface area contributed by atoms with E-state index in [9.17, 15) is 4.79 Å². The SMILES string of the molecule is Cc1ccc(-c2nn(-c3ccccc3)cc2/C=N/NC2SC(C(N)=O)=C(N)N2c2ccccc2)cc1. The van der Waals surface area contributed by atoms with Crippen molar-refractivity contribution in [2.45, 2.75) is 12.4 Å². The largest absolute Gasteiger partial charge is 0.384 e. The molecule has 36 heavy (non-hydrogen) atoms. The van der Waals surface area contributed by atoms with Gasteiger partial charge in [-0.2, -0.15) is 10.2 Å². The number of nitrogens with zero attached hydrogens (tertiary/aromatic N) is 4. The summed E-state index contributed by atoms with van der Waals surface area (Å²) in [6, 6.07) is 27.7. The number of nitrogens with one attached hydrogen (secondary N) is 1. The second-order valence-electron chi connectivity index (χ2n) is 8.22. The van der Waals surface area contributed by atoms with Crippen LogP contribution in [0.3, 0.4) is 0 Å². The van der Waals surface area contributed by atoms with Crippen LogP contribution in [0.25, 0.3) is 16.9 Å². The van der Waals surface area contributed by atoms with Crippen LogP contribution in [0.1, 0.15) is 11.1 Å². The van der Waals surface area contributed by atoms with Crippen LogP contribution in [0.15, 0.2) is 107 Å². The molecule has 180 valence electrons. The molecular weight excluding hydrogens is 470 g/mol. The third-order valence-electron chi connectivity index (χ3n) is 5.69. The Bertz CT molecular complexity index is 1430. The van der Waals surface area contributed by atoms with Gasteiger partial charge in [-0.3, -0.25) is 15.1 Å². The summed E-state index contributed by atoms with van der Waals surface area (Å²) in [6.07, 6.45) is 3.66. The van der Waals surface area contributed by atoms with E-state index in [1.165, 1.54) is 17.3 Å². The quantitative estimate of drug-likeness (QED) is 0.264. The number of benzene rings is 3. The van der Waals surface area contributed by atoms with E-state index in [2.05, 4.69) is 29.6 Å². The number of aromatic nitrogens is 2. The van der Waals surface area contributed by atoms with Gasteiger partial charge in [0.1, 0.15) is 16.4 Å². The maximum absolute atomic E-state index is 12.0. The molecule has 5 N–H and O–H groups in total. The Hall–Kier alpha value is -4.50. The van der Waals surface area contributed by atoms with Crippen molar-refractivity contribution in [3.8, 4) is 16.9 Å². The molecule has 0 radical (unpaired) electrons. The first-order chi connectivity index (χ1) is 17.5. The van der Waals surface area contributed by atoms with Gasteiger partial charge in [0, 0.05) is 23.0 Å². The number of para-hydroxylation sites is 2. The van der Waals surface area contributed by atoms with E-state index in [-0.39, 0.29) is 0 Å². The zero-order valence-corrected chi connectivity index (χ0v) is 20.4. The number of hydrazone groups is 1. The first kappa shape index (κ1) is 23.3. The molecular formula is C27H25N7OS. The number of anilines is 1. The molecule has 1 amide bonds. The molecule has 1 aromatic heterocycles. The summed E-state index contributed by atoms with van der Waals surface area (Å²) in [5.74, 6) is -0.277. The maximum Gasteiger partial charge on any atom is 0.258 e. The Morgan fingerprint density at radius 3 is 2.28 bits per heavy atom. The van der Waals surface area contributed by atoms with E-state index in [1.54, 1.807) is 11.1 Å². The van der Waals surface area contributed by atoms with Gasteiger partial charge in [0.05, 0.1) is 11.9 Å². The van der Waals surface area contributed by atoms with E-state index in [0.717, 1.165) is 28.2 Å². The molecule has 9 heteroatoms. The average molecular weight is 496 g/mol. The fourth-order valence-corrected chi connectivity index (χ4v) is 4.91. The number of rotatable bonds is 7. The van der Waals surface area contributed by atoms with Crippen molar-refractivity contribution in [2.24, 2.45) is 16.6 Å². The predicted octanol–water partition coefficient (Wildman–Crippen LogP) is 3.92. The lowest BCUT2D eigenvalue weighted by molar-refractivity contribution is -0.113. The summed E-state index contributed by atoms with van der Waals surface area (Å²) >= 11 is 1.23. The number of hydrogen-bond acceptors (Lipinski definition) is 7. The highest BCUT2D eigenvalue weighted by Gasteiger charge is 2.34. The molecule has 1 aliphatic heterocycles. The van der Waals surface area contributed by atoms with Crippen LogP contribution in [0.4, 0.5) is 5.69 Å². The number of thioether (sulfide) groups is 1. The Morgan fingerprint density at radius 1 is 1.00 bits per heavy atom. The molecule has 1 atom stereocenters. The van der Waals surface area contributed by atoms with Crippen molar-refractivity contribution in [1.29, 1.82) is 0 Å². The molecule has 0 spiro atoms. The van der Waals surface area contributed by atoms with Gasteiger partial charge in [-0.25, -0.2) is 4.68 Å². The zero-order valence-electron chi connectivity index (χ0n) is 19.6. The highest BCUT2D eigenvalue weighted by Crippen LogP contribution is 2.37. The standard InChI is InChI=1S/C27H25N7OS/c1-18-12-14-19(15-13-18)23-20(17-33(32-23)21-8-4-2-5-9-21)16-30-31-27-34(22-10-6-3-7-11-22)25(28)24(36-27)26(29)35/h2-17,27,31H,28H2,1H3,(H2,29,35)/b30-16+. The molecule has 0 aliphatic carbocycles. The summed E-state index contributed by atoms with van der Waals surface area (Å²) in [6.45, 7) is 2.05. The Kier molecular flexibility index (Phi) is 6.46. The number of primary amides is 1. The Balaban J connectivity index is 1.45. The first-order valence-corrected chi connectivity index (χ1v) is 12.2. The number of amides is 1. The van der Waals surface area contributed by atoms with Crippen LogP contribution >= 0.6 is 11.8 Å². The lowest BCUT2D eigenvalue weighted by Gasteiger charge is -2.26. The van der Waals surface area contributed by atoms with Gasteiger partial charge in [0.15, 0.2) is 5.50 Å². The van der Waals surface area contributed by atoms with Crippen LogP contribution in [0, 0.1) is 6.92 Å². The number of aryl methyl sites for hydroxylation is 1. The highest BCUT2D eigenvalue weighted by molar-refractivity contribution is 8.04. The van der Waals surface area contributed by atoms with Gasteiger partial charge in [-0.05, 0) is 31.2 Å². The minimum absolute atomic E-state index is 0.295. The Morgan fingerprint density at radius 2 is 1.64 bits per heavy atom. The molecule has 0 saturated carbocycles. The van der Waals surface area contributed by atoms with Crippen molar-refractivity contribution >= 4 is 29.6 Å². The van der Waals surface area contributed by atoms with E-state index < -0.39 is 11.4 Å². The topological polar surface area (TPSA) is 115 Å². The minimum Gasteiger partial charge on any atom is -0.384 e. The van der Waals surface area contributed by atoms with Crippen LogP contribution in [0.5, 0.6) is 0 Å². The van der Waals surface area contributed by atoms with Crippen LogP contribution in [-0.2, 0) is 4.79 Å². The van der Waals surface area contributed by atoms with Gasteiger partial charge in [-0.15, -0.1) is 0 Å². The van der Waals surface area contributed by atoms with Crippen LogP contribution in [-0.4, -0.2) is 27.4 Å². The number of nitrogens with two attached hydrogens (primary N) is 2. The molecule has 0 fully saturated rings. The second-order valence-corrected chi connectivity index (χ2v) is 9.31. The summed E-state index contributed by atoms with van der Waals surface area (Å²) in [5.41, 5.74) is 20.1. The number of carbonyl (C=O) groups is 1. The first-order valence-electron chi connectivity index (χ1n) is 11.3. The van der Waals surface area contributed by atoms with Crippen molar-refractivity contribution in [2.75, 3.05) is 4.90 Å². The van der Waals surface area contributed by atoms with Gasteiger partial charge in [0.2, 0.25) is 0 Å². The second kappa shape index (κ2) is 10.0. The fraction of sp³-hybridized carbons (Fsp3) is 0.0741. The Labute approximate surface area is 213 Å². The fourth-order valence-electron chi connectivity index (χ4n) is 3.89. The van der Waals surface area contributed by atoms with Crippen molar-refractivity contribution < 1.29 is 4.79 Å². The lowest BCUT2D eigenvalue weighted by Crippen LogP contribution is -2.39. The van der Waals surface area contributed by atoms with E-state index in [1.807, 2.05) is 83.7 Å². The number of hydrogen-bond donors (Lipinski definition) is 3. The van der Waals surface area contributed by atoms with Crippen LogP contribution in [0.2, 0.25) is 0 Å². The summed E-state index contributed by atoms with van der Waals surface area (Å²) in [5, 5.41) is 9.35. The molecule has 1 aliphatic rings. The molecule has 3 aromatic carbocycles. The maximum atomic E-state index is 12.0. The lowest BCUT2D eigenvalue weighted by atomic mass is 10.1. The van der Waals surface area contributed by atoms with Gasteiger partial charge >= 0.3 is 0 Å². The summed E-state index contributed by atoms with van der Waals surface area (Å²) in [7, 11) is 0. The van der Waals surface area contributed by atoms with Crippen molar-refractivity contribution in [3.05, 3.63) is 113 Å². The summed E-state index contributed by atoms with van der Waals surface area (Å²) < 4.78 is 1.84. The monoisotopic (exact) mass is 495 g/mol. The van der Waals surface area contributed by atoms with Gasteiger partial charge < -0.3 is 11.5 Å². The van der Waals surface area contributed by atoms with E-state index in [4.69, 9.17) is 16.6 Å². The molecule has 1 unspecified atom stereocenters. The third-order valence-corrected chi connectivity index (χ3v) is 6.88. The van der Waals surface area contributed by atoms with Gasteiger partial charge in [-0.1, -0.05) is 78.0 Å².